The Morgan fingerprint density at radius 3 is 2.27 bits per heavy atom. The van der Waals surface area contributed by atoms with Gasteiger partial charge in [-0.2, -0.15) is 0 Å². The number of hydrogen-bond acceptors (Lipinski definition) is 4. The number of rotatable bonds is 7. The van der Waals surface area contributed by atoms with Crippen molar-refractivity contribution < 1.29 is 24.7 Å². The highest BCUT2D eigenvalue weighted by Crippen LogP contribution is 2.42. The second-order valence-electron chi connectivity index (χ2n) is 3.17. The van der Waals surface area contributed by atoms with Crippen molar-refractivity contribution in [2.75, 3.05) is 12.3 Å². The normalized spacial score (nSPS) is 16.7. The Bertz CT molecular complexity index is 295. The highest BCUT2D eigenvalue weighted by Gasteiger charge is 2.19. The van der Waals surface area contributed by atoms with Crippen molar-refractivity contribution in [3.05, 3.63) is 0 Å². The van der Waals surface area contributed by atoms with Gasteiger partial charge in [-0.05, 0) is 6.42 Å². The van der Waals surface area contributed by atoms with Crippen LogP contribution in [0.1, 0.15) is 12.8 Å². The van der Waals surface area contributed by atoms with Gasteiger partial charge in [0.05, 0.1) is 12.7 Å². The number of carbonyl (C=O) groups is 2. The Hall–Kier alpha value is -0.490. The molecule has 0 aromatic heterocycles. The van der Waals surface area contributed by atoms with Crippen molar-refractivity contribution in [1.82, 2.24) is 0 Å². The lowest BCUT2D eigenvalue weighted by molar-refractivity contribution is -0.139. The average molecular weight is 255 g/mol. The minimum atomic E-state index is -2.73. The summed E-state index contributed by atoms with van der Waals surface area (Å²) in [4.78, 5) is 30.2. The fourth-order valence-electron chi connectivity index (χ4n) is 0.846. The van der Waals surface area contributed by atoms with Crippen LogP contribution >= 0.6 is 6.26 Å². The van der Waals surface area contributed by atoms with Crippen LogP contribution in [0.2, 0.25) is 0 Å². The van der Waals surface area contributed by atoms with Crippen molar-refractivity contribution in [2.24, 2.45) is 5.73 Å². The lowest BCUT2D eigenvalue weighted by Gasteiger charge is -2.15. The predicted molar refractivity (Wildman–Crippen MR) is 58.7 cm³/mol. The Balaban J connectivity index is 3.99. The third-order valence-electron chi connectivity index (χ3n) is 1.78. The van der Waals surface area contributed by atoms with Crippen LogP contribution in [0.15, 0.2) is 0 Å². The molecular formula is C7H14NO5PS. The van der Waals surface area contributed by atoms with Gasteiger partial charge in [-0.25, -0.2) is 0 Å². The first kappa shape index (κ1) is 14.5. The monoisotopic (exact) mass is 255 g/mol. The number of carboxylic acids is 2. The number of nitrogens with two attached hydrogens (primary N) is 1. The smallest absolute Gasteiger partial charge is 0.320 e. The molecule has 0 aliphatic heterocycles. The number of aliphatic carboxylic acids is 2. The first-order valence-corrected chi connectivity index (χ1v) is 7.38. The molecule has 88 valence electrons. The molecule has 0 aliphatic carbocycles. The summed E-state index contributed by atoms with van der Waals surface area (Å²) in [5.41, 5.74) is 5.22. The zero-order valence-corrected chi connectivity index (χ0v) is 9.71. The summed E-state index contributed by atoms with van der Waals surface area (Å²) in [5, 5.41) is 16.9. The van der Waals surface area contributed by atoms with Crippen LogP contribution in [0.4, 0.5) is 0 Å². The van der Waals surface area contributed by atoms with E-state index < -0.39 is 24.2 Å². The van der Waals surface area contributed by atoms with E-state index in [-0.39, 0.29) is 25.2 Å². The first-order chi connectivity index (χ1) is 6.74. The summed E-state index contributed by atoms with van der Waals surface area (Å²) in [5.74, 6) is -2.18. The fraction of sp³-hybridized carbons (Fsp3) is 0.714. The molecule has 0 fully saturated rings. The summed E-state index contributed by atoms with van der Waals surface area (Å²) in [6.07, 6.45) is -2.74. The second kappa shape index (κ2) is 6.17. The van der Waals surface area contributed by atoms with Crippen LogP contribution in [0, 0.1) is 0 Å². The molecule has 0 aromatic rings. The molecule has 6 nitrogen and oxygen atoms in total. The summed E-state index contributed by atoms with van der Waals surface area (Å²) in [7, 11) is 0. The van der Waals surface area contributed by atoms with Gasteiger partial charge in [0.1, 0.15) is 6.04 Å². The van der Waals surface area contributed by atoms with Crippen molar-refractivity contribution in [1.29, 1.82) is 0 Å². The van der Waals surface area contributed by atoms with E-state index in [9.17, 15) is 14.5 Å². The topological polar surface area (TPSA) is 121 Å². The van der Waals surface area contributed by atoms with E-state index in [4.69, 9.17) is 27.8 Å². The second-order valence-corrected chi connectivity index (χ2v) is 7.80. The molecule has 0 radical (unpaired) electrons. The highest BCUT2D eigenvalue weighted by atomic mass is 32.4. The van der Waals surface area contributed by atoms with Gasteiger partial charge in [0.25, 0.3) is 0 Å². The molecule has 0 heterocycles. The average Bonchev–Trinajstić information content (AvgIpc) is 2.11. The van der Waals surface area contributed by atoms with E-state index in [1.165, 1.54) is 0 Å². The van der Waals surface area contributed by atoms with Gasteiger partial charge in [-0.15, -0.1) is 0 Å². The molecule has 0 aliphatic rings. The van der Waals surface area contributed by atoms with Gasteiger partial charge < -0.3 is 20.8 Å². The van der Waals surface area contributed by atoms with Crippen LogP contribution in [-0.2, 0) is 21.4 Å². The van der Waals surface area contributed by atoms with Crippen LogP contribution < -0.4 is 5.73 Å². The summed E-state index contributed by atoms with van der Waals surface area (Å²) in [6.45, 7) is 0. The molecule has 5 N–H and O–H groups in total. The molecular weight excluding hydrogens is 241 g/mol. The van der Waals surface area contributed by atoms with Gasteiger partial charge in [-0.1, -0.05) is 11.8 Å². The predicted octanol–water partition coefficient (Wildman–Crippen LogP) is -0.350. The van der Waals surface area contributed by atoms with Gasteiger partial charge in [0.2, 0.25) is 0 Å². The van der Waals surface area contributed by atoms with Crippen molar-refractivity contribution >= 4 is 30.0 Å². The Labute approximate surface area is 92.2 Å². The quantitative estimate of drug-likeness (QED) is 0.459. The van der Waals surface area contributed by atoms with Gasteiger partial charge >= 0.3 is 11.9 Å². The van der Waals surface area contributed by atoms with E-state index in [2.05, 4.69) is 0 Å². The number of hydrogen-bond donors (Lipinski definition) is 4. The summed E-state index contributed by atoms with van der Waals surface area (Å²) in [6, 6.07) is -1.05. The Morgan fingerprint density at radius 1 is 1.33 bits per heavy atom. The molecule has 0 bridgehead atoms. The van der Waals surface area contributed by atoms with E-state index in [0.717, 1.165) is 0 Å². The van der Waals surface area contributed by atoms with Gasteiger partial charge in [0.15, 0.2) is 0 Å². The maximum atomic E-state index is 10.4. The molecule has 15 heavy (non-hydrogen) atoms. The highest BCUT2D eigenvalue weighted by molar-refractivity contribution is 8.11. The maximum absolute atomic E-state index is 10.4. The lowest BCUT2D eigenvalue weighted by Crippen LogP contribution is -2.31. The molecule has 0 saturated heterocycles. The molecule has 0 rings (SSSR count). The van der Waals surface area contributed by atoms with Crippen LogP contribution in [0.25, 0.3) is 0 Å². The standard InChI is InChI=1S/C7H14NO5PS/c8-5(7(11)12)1-3-14(13,15)4-2-6(9)10/h5H,1-4,8H2,(H,9,10)(H,11,12)(H,13,15)/t5-,14?/m0/s1. The molecule has 0 saturated carbocycles. The molecule has 2 atom stereocenters. The summed E-state index contributed by atoms with van der Waals surface area (Å²) < 4.78 is 0. The van der Waals surface area contributed by atoms with E-state index in [0.29, 0.717) is 0 Å². The molecule has 8 heteroatoms. The van der Waals surface area contributed by atoms with E-state index >= 15 is 0 Å². The van der Waals surface area contributed by atoms with Crippen molar-refractivity contribution in [2.45, 2.75) is 18.9 Å². The molecule has 0 amide bonds. The van der Waals surface area contributed by atoms with Gasteiger partial charge in [-0.3, -0.25) is 9.59 Å². The van der Waals surface area contributed by atoms with Crippen LogP contribution in [0.5, 0.6) is 0 Å². The van der Waals surface area contributed by atoms with E-state index in [1.807, 2.05) is 0 Å². The van der Waals surface area contributed by atoms with Crippen LogP contribution in [0.3, 0.4) is 0 Å². The lowest BCUT2D eigenvalue weighted by atomic mass is 10.2. The van der Waals surface area contributed by atoms with E-state index in [1.54, 1.807) is 0 Å². The Morgan fingerprint density at radius 2 is 1.87 bits per heavy atom. The van der Waals surface area contributed by atoms with Gasteiger partial charge in [0, 0.05) is 12.3 Å². The third-order valence-corrected chi connectivity index (χ3v) is 4.76. The van der Waals surface area contributed by atoms with Crippen LogP contribution in [-0.4, -0.2) is 45.4 Å². The zero-order chi connectivity index (χ0) is 12.1. The largest absolute Gasteiger partial charge is 0.481 e. The molecule has 1 unspecified atom stereocenters. The first-order valence-electron chi connectivity index (χ1n) is 4.25. The minimum Gasteiger partial charge on any atom is -0.481 e. The van der Waals surface area contributed by atoms with Crippen molar-refractivity contribution in [3.63, 3.8) is 0 Å². The zero-order valence-electron chi connectivity index (χ0n) is 8.00. The molecule has 0 aromatic carbocycles. The fourth-order valence-corrected chi connectivity index (χ4v) is 2.88. The van der Waals surface area contributed by atoms with Crippen molar-refractivity contribution in [3.8, 4) is 0 Å². The molecule has 0 spiro atoms. The number of carboxylic acid groups (broad SMARTS) is 2. The SMILES string of the molecule is N[C@@H](CCP(O)(=S)CCC(=O)O)C(=O)O. The Kier molecular flexibility index (Phi) is 5.97. The third kappa shape index (κ3) is 7.44. The minimum absolute atomic E-state index is 0.0179. The maximum Gasteiger partial charge on any atom is 0.320 e. The summed E-state index contributed by atoms with van der Waals surface area (Å²) >= 11 is 4.82.